The van der Waals surface area contributed by atoms with Crippen LogP contribution < -0.4 is 9.04 Å². The average molecular weight is 500 g/mol. The number of aromatic carboxylic acids is 1. The average Bonchev–Trinajstić information content (AvgIpc) is 3.22. The number of rotatable bonds is 8. The number of benzene rings is 2. The van der Waals surface area contributed by atoms with Gasteiger partial charge in [0.25, 0.3) is 10.0 Å². The molecule has 11 heteroatoms. The maximum atomic E-state index is 13.4. The van der Waals surface area contributed by atoms with E-state index in [1.54, 1.807) is 32.0 Å². The number of carboxylic acids is 1. The highest BCUT2D eigenvalue weighted by atomic mass is 32.2. The molecule has 1 heterocycles. The number of nitrogens with zero attached hydrogens (tertiary/aromatic N) is 1. The van der Waals surface area contributed by atoms with Crippen LogP contribution >= 0.6 is 11.3 Å². The van der Waals surface area contributed by atoms with E-state index >= 15 is 0 Å². The van der Waals surface area contributed by atoms with Crippen molar-refractivity contribution in [2.75, 3.05) is 4.31 Å². The highest BCUT2D eigenvalue weighted by Gasteiger charge is 2.34. The maximum absolute atomic E-state index is 13.4. The zero-order valence-corrected chi connectivity index (χ0v) is 19.2. The SMILES string of the molecule is CC(C)N(c1ccc(C(F)(F)F)cc1OCc1ccc(C(=O)O)s1)S(=O)(=O)c1ccccc1. The molecule has 0 aliphatic rings. The van der Waals surface area contributed by atoms with Gasteiger partial charge in [0.1, 0.15) is 17.2 Å². The second-order valence-corrected chi connectivity index (χ2v) is 10.2. The summed E-state index contributed by atoms with van der Waals surface area (Å²) in [6, 6.07) is 12.4. The number of carboxylic acid groups (broad SMARTS) is 1. The van der Waals surface area contributed by atoms with Crippen molar-refractivity contribution >= 4 is 33.0 Å². The van der Waals surface area contributed by atoms with Crippen LogP contribution in [-0.4, -0.2) is 25.5 Å². The van der Waals surface area contributed by atoms with Gasteiger partial charge >= 0.3 is 12.1 Å². The molecule has 1 aromatic heterocycles. The quantitative estimate of drug-likeness (QED) is 0.433. The molecule has 0 aliphatic carbocycles. The van der Waals surface area contributed by atoms with Crippen LogP contribution in [0.3, 0.4) is 0 Å². The van der Waals surface area contributed by atoms with Crippen LogP contribution in [0.2, 0.25) is 0 Å². The van der Waals surface area contributed by atoms with Crippen LogP contribution in [-0.2, 0) is 22.8 Å². The number of anilines is 1. The summed E-state index contributed by atoms with van der Waals surface area (Å²) in [6.45, 7) is 2.96. The molecule has 3 rings (SSSR count). The summed E-state index contributed by atoms with van der Waals surface area (Å²) < 4.78 is 73.4. The Morgan fingerprint density at radius 2 is 1.76 bits per heavy atom. The summed E-state index contributed by atoms with van der Waals surface area (Å²) >= 11 is 0.914. The summed E-state index contributed by atoms with van der Waals surface area (Å²) in [7, 11) is -4.12. The molecule has 6 nitrogen and oxygen atoms in total. The summed E-state index contributed by atoms with van der Waals surface area (Å²) in [5.74, 6) is -1.42. The van der Waals surface area contributed by atoms with Gasteiger partial charge in [0.2, 0.25) is 0 Å². The number of hydrogen-bond acceptors (Lipinski definition) is 5. The predicted octanol–water partition coefficient (Wildman–Crippen LogP) is 5.65. The fraction of sp³-hybridized carbons (Fsp3) is 0.227. The normalized spacial score (nSPS) is 12.1. The van der Waals surface area contributed by atoms with Crippen LogP contribution in [0.25, 0.3) is 0 Å². The number of hydrogen-bond donors (Lipinski definition) is 1. The van der Waals surface area contributed by atoms with Gasteiger partial charge in [-0.1, -0.05) is 18.2 Å². The predicted molar refractivity (Wildman–Crippen MR) is 118 cm³/mol. The van der Waals surface area contributed by atoms with Crippen molar-refractivity contribution in [3.63, 3.8) is 0 Å². The highest BCUT2D eigenvalue weighted by Crippen LogP contribution is 2.40. The third-order valence-corrected chi connectivity index (χ3v) is 7.59. The van der Waals surface area contributed by atoms with E-state index in [0.29, 0.717) is 4.88 Å². The minimum Gasteiger partial charge on any atom is -0.486 e. The molecule has 1 N–H and O–H groups in total. The van der Waals surface area contributed by atoms with Crippen molar-refractivity contribution in [3.05, 3.63) is 76.0 Å². The molecule has 0 saturated carbocycles. The zero-order chi connectivity index (χ0) is 24.4. The number of carbonyl (C=O) groups is 1. The van der Waals surface area contributed by atoms with Gasteiger partial charge in [0.15, 0.2) is 0 Å². The lowest BCUT2D eigenvalue weighted by molar-refractivity contribution is -0.137. The molecule has 0 saturated heterocycles. The fourth-order valence-corrected chi connectivity index (χ4v) is 5.55. The standard InChI is InChI=1S/C22H20F3NO5S2/c1-14(2)26(33(29,30)17-6-4-3-5-7-17)18-10-8-15(22(23,24)25)12-19(18)31-13-16-9-11-20(32-16)21(27)28/h3-12,14H,13H2,1-2H3,(H,27,28). The first kappa shape index (κ1) is 24.6. The van der Waals surface area contributed by atoms with Crippen molar-refractivity contribution in [2.45, 2.75) is 37.6 Å². The van der Waals surface area contributed by atoms with E-state index in [1.807, 2.05) is 0 Å². The molecule has 0 fully saturated rings. The van der Waals surface area contributed by atoms with Crippen LogP contribution in [0.4, 0.5) is 18.9 Å². The Labute approximate surface area is 192 Å². The van der Waals surface area contributed by atoms with E-state index in [1.165, 1.54) is 24.3 Å². The van der Waals surface area contributed by atoms with E-state index in [4.69, 9.17) is 9.84 Å². The maximum Gasteiger partial charge on any atom is 0.416 e. The number of halogens is 3. The van der Waals surface area contributed by atoms with Crippen molar-refractivity contribution < 1.29 is 36.2 Å². The Kier molecular flexibility index (Phi) is 7.03. The van der Waals surface area contributed by atoms with Crippen LogP contribution in [0.5, 0.6) is 5.75 Å². The van der Waals surface area contributed by atoms with Gasteiger partial charge in [-0.25, -0.2) is 13.2 Å². The minimum absolute atomic E-state index is 0.0195. The first-order valence-corrected chi connectivity index (χ1v) is 11.9. The monoisotopic (exact) mass is 499 g/mol. The summed E-state index contributed by atoms with van der Waals surface area (Å²) in [6.07, 6.45) is -4.67. The van der Waals surface area contributed by atoms with Gasteiger partial charge in [0, 0.05) is 10.9 Å². The lowest BCUT2D eigenvalue weighted by Crippen LogP contribution is -2.37. The number of thiophene rings is 1. The smallest absolute Gasteiger partial charge is 0.416 e. The Hall–Kier alpha value is -3.05. The molecule has 0 atom stereocenters. The second kappa shape index (κ2) is 9.44. The molecular weight excluding hydrogens is 479 g/mol. The van der Waals surface area contributed by atoms with E-state index in [9.17, 15) is 26.4 Å². The molecule has 0 unspecified atom stereocenters. The van der Waals surface area contributed by atoms with Gasteiger partial charge in [-0.2, -0.15) is 13.2 Å². The molecule has 3 aromatic rings. The Morgan fingerprint density at radius 1 is 1.09 bits per heavy atom. The zero-order valence-electron chi connectivity index (χ0n) is 17.5. The van der Waals surface area contributed by atoms with Crippen molar-refractivity contribution in [1.29, 1.82) is 0 Å². The fourth-order valence-electron chi connectivity index (χ4n) is 3.10. The molecular formula is C22H20F3NO5S2. The van der Waals surface area contributed by atoms with Crippen LogP contribution in [0.15, 0.2) is 65.6 Å². The number of sulfonamides is 1. The molecule has 176 valence electrons. The topological polar surface area (TPSA) is 83.9 Å². The van der Waals surface area contributed by atoms with Gasteiger partial charge in [0.05, 0.1) is 16.1 Å². The van der Waals surface area contributed by atoms with E-state index < -0.39 is 33.8 Å². The van der Waals surface area contributed by atoms with Crippen molar-refractivity contribution in [3.8, 4) is 5.75 Å². The molecule has 0 bridgehead atoms. The Morgan fingerprint density at radius 3 is 2.30 bits per heavy atom. The van der Waals surface area contributed by atoms with Gasteiger partial charge in [-0.3, -0.25) is 4.31 Å². The summed E-state index contributed by atoms with van der Waals surface area (Å²) in [4.78, 5) is 11.6. The summed E-state index contributed by atoms with van der Waals surface area (Å²) in [5, 5.41) is 9.06. The first-order chi connectivity index (χ1) is 15.4. The van der Waals surface area contributed by atoms with E-state index in [-0.39, 0.29) is 27.8 Å². The van der Waals surface area contributed by atoms with E-state index in [2.05, 4.69) is 0 Å². The Balaban J connectivity index is 2.07. The molecule has 33 heavy (non-hydrogen) atoms. The van der Waals surface area contributed by atoms with Gasteiger partial charge in [-0.15, -0.1) is 11.3 Å². The third-order valence-electron chi connectivity index (χ3n) is 4.54. The third kappa shape index (κ3) is 5.48. The minimum atomic E-state index is -4.67. The largest absolute Gasteiger partial charge is 0.486 e. The lowest BCUT2D eigenvalue weighted by Gasteiger charge is -2.30. The second-order valence-electron chi connectivity index (χ2n) is 7.25. The summed E-state index contributed by atoms with van der Waals surface area (Å²) in [5.41, 5.74) is -1.06. The van der Waals surface area contributed by atoms with Crippen molar-refractivity contribution in [1.82, 2.24) is 0 Å². The molecule has 0 spiro atoms. The number of alkyl halides is 3. The lowest BCUT2D eigenvalue weighted by atomic mass is 10.1. The molecule has 2 aromatic carbocycles. The highest BCUT2D eigenvalue weighted by molar-refractivity contribution is 7.92. The van der Waals surface area contributed by atoms with Crippen LogP contribution in [0.1, 0.15) is 34.0 Å². The van der Waals surface area contributed by atoms with Gasteiger partial charge in [-0.05, 0) is 56.3 Å². The van der Waals surface area contributed by atoms with E-state index in [0.717, 1.165) is 33.8 Å². The molecule has 0 aliphatic heterocycles. The molecule has 0 radical (unpaired) electrons. The van der Waals surface area contributed by atoms with Crippen LogP contribution in [0, 0.1) is 0 Å². The first-order valence-electron chi connectivity index (χ1n) is 9.67. The van der Waals surface area contributed by atoms with Crippen molar-refractivity contribution in [2.24, 2.45) is 0 Å². The Bertz CT molecular complexity index is 1240. The van der Waals surface area contributed by atoms with Gasteiger partial charge < -0.3 is 9.84 Å². The number of ether oxygens (including phenoxy) is 1. The molecule has 0 amide bonds.